The highest BCUT2D eigenvalue weighted by Gasteiger charge is 2.49. The number of likely N-dealkylation sites (tertiary alicyclic amines) is 1. The van der Waals surface area contributed by atoms with Crippen LogP contribution in [0.15, 0.2) is 0 Å². The summed E-state index contributed by atoms with van der Waals surface area (Å²) in [6, 6.07) is 0.217. The van der Waals surface area contributed by atoms with Crippen LogP contribution in [0.2, 0.25) is 0 Å². The second kappa shape index (κ2) is 5.22. The summed E-state index contributed by atoms with van der Waals surface area (Å²) in [5.41, 5.74) is 0. The van der Waals surface area contributed by atoms with Crippen LogP contribution in [0.4, 0.5) is 0 Å². The summed E-state index contributed by atoms with van der Waals surface area (Å²) >= 11 is 0. The largest absolute Gasteiger partial charge is 0.351 e. The number of hydrogen-bond acceptors (Lipinski definition) is 2. The third kappa shape index (κ3) is 2.40. The Labute approximate surface area is 138 Å². The summed E-state index contributed by atoms with van der Waals surface area (Å²) in [5.74, 6) is 3.91. The van der Waals surface area contributed by atoms with Crippen molar-refractivity contribution in [1.82, 2.24) is 10.2 Å². The molecule has 6 rings (SSSR count). The molecule has 0 unspecified atom stereocenters. The van der Waals surface area contributed by atoms with Gasteiger partial charge in [0.25, 0.3) is 0 Å². The minimum atomic E-state index is -0.180. The van der Waals surface area contributed by atoms with Crippen molar-refractivity contribution < 1.29 is 9.59 Å². The van der Waals surface area contributed by atoms with Gasteiger partial charge in [0.05, 0.1) is 0 Å². The molecular weight excluding hydrogens is 288 g/mol. The summed E-state index contributed by atoms with van der Waals surface area (Å²) in [6.07, 6.45) is 10.6. The third-order valence-electron chi connectivity index (χ3n) is 7.30. The number of carbonyl (C=O) groups is 2. The zero-order valence-corrected chi connectivity index (χ0v) is 13.9. The molecule has 23 heavy (non-hydrogen) atoms. The highest BCUT2D eigenvalue weighted by Crippen LogP contribution is 2.53. The summed E-state index contributed by atoms with van der Waals surface area (Å²) in [6.45, 7) is 0.787. The smallest absolute Gasteiger partial charge is 0.243 e. The minimum Gasteiger partial charge on any atom is -0.351 e. The predicted octanol–water partition coefficient (Wildman–Crippen LogP) is 2.33. The van der Waals surface area contributed by atoms with Gasteiger partial charge in [0, 0.05) is 18.5 Å². The minimum absolute atomic E-state index is 0.147. The average molecular weight is 316 g/mol. The Morgan fingerprint density at radius 3 is 2.13 bits per heavy atom. The van der Waals surface area contributed by atoms with Gasteiger partial charge in [0.1, 0.15) is 6.04 Å². The van der Waals surface area contributed by atoms with Gasteiger partial charge in [-0.1, -0.05) is 0 Å². The fourth-order valence-corrected chi connectivity index (χ4v) is 6.29. The molecule has 4 nitrogen and oxygen atoms in total. The average Bonchev–Trinajstić information content (AvgIpc) is 3.26. The van der Waals surface area contributed by atoms with Crippen molar-refractivity contribution in [3.05, 3.63) is 0 Å². The molecule has 6 fully saturated rings. The molecule has 2 amide bonds. The van der Waals surface area contributed by atoms with Crippen LogP contribution in [0.3, 0.4) is 0 Å². The summed E-state index contributed by atoms with van der Waals surface area (Å²) in [4.78, 5) is 27.2. The third-order valence-corrected chi connectivity index (χ3v) is 7.30. The maximum absolute atomic E-state index is 12.9. The van der Waals surface area contributed by atoms with Crippen LogP contribution in [-0.4, -0.2) is 35.3 Å². The molecule has 1 saturated heterocycles. The van der Waals surface area contributed by atoms with Crippen molar-refractivity contribution in [1.29, 1.82) is 0 Å². The summed E-state index contributed by atoms with van der Waals surface area (Å²) in [7, 11) is 0. The van der Waals surface area contributed by atoms with Crippen molar-refractivity contribution in [2.45, 2.75) is 69.9 Å². The normalized spacial score (nSPS) is 44.6. The molecule has 0 aromatic carbocycles. The van der Waals surface area contributed by atoms with Gasteiger partial charge in [0.2, 0.25) is 11.8 Å². The van der Waals surface area contributed by atoms with E-state index in [2.05, 4.69) is 5.32 Å². The zero-order valence-electron chi connectivity index (χ0n) is 13.9. The first-order chi connectivity index (χ1) is 11.2. The van der Waals surface area contributed by atoms with E-state index in [9.17, 15) is 9.59 Å². The second-order valence-corrected chi connectivity index (χ2v) is 8.93. The number of carbonyl (C=O) groups excluding carboxylic acids is 2. The Kier molecular flexibility index (Phi) is 3.24. The van der Waals surface area contributed by atoms with E-state index in [-0.39, 0.29) is 23.8 Å². The molecule has 126 valence electrons. The van der Waals surface area contributed by atoms with Gasteiger partial charge in [0.15, 0.2) is 0 Å². The Balaban J connectivity index is 1.27. The maximum atomic E-state index is 12.9. The van der Waals surface area contributed by atoms with Crippen molar-refractivity contribution in [3.63, 3.8) is 0 Å². The molecule has 0 aromatic heterocycles. The lowest BCUT2D eigenvalue weighted by molar-refractivity contribution is -0.140. The van der Waals surface area contributed by atoms with Gasteiger partial charge in [-0.05, 0) is 81.5 Å². The first-order valence-corrected chi connectivity index (χ1v) is 9.80. The van der Waals surface area contributed by atoms with E-state index in [0.29, 0.717) is 17.9 Å². The molecule has 0 spiro atoms. The number of rotatable bonds is 3. The van der Waals surface area contributed by atoms with E-state index in [1.165, 1.54) is 32.1 Å². The van der Waals surface area contributed by atoms with Gasteiger partial charge >= 0.3 is 0 Å². The fraction of sp³-hybridized carbons (Fsp3) is 0.895. The van der Waals surface area contributed by atoms with E-state index in [4.69, 9.17) is 0 Å². The SMILES string of the molecule is O=C(NC1C2CC3CC(C2)CC1C3)[C@H]1CCCN1C(=O)C1CC1. The van der Waals surface area contributed by atoms with Gasteiger partial charge in [-0.15, -0.1) is 0 Å². The number of nitrogens with zero attached hydrogens (tertiary/aromatic N) is 1. The quantitative estimate of drug-likeness (QED) is 0.869. The van der Waals surface area contributed by atoms with Crippen LogP contribution < -0.4 is 5.32 Å². The molecule has 1 atom stereocenters. The second-order valence-electron chi connectivity index (χ2n) is 8.93. The van der Waals surface area contributed by atoms with Crippen molar-refractivity contribution in [2.24, 2.45) is 29.6 Å². The molecule has 6 aliphatic rings. The lowest BCUT2D eigenvalue weighted by Gasteiger charge is -2.54. The predicted molar refractivity (Wildman–Crippen MR) is 86.4 cm³/mol. The molecule has 5 saturated carbocycles. The molecule has 0 aromatic rings. The fourth-order valence-electron chi connectivity index (χ4n) is 6.29. The molecular formula is C19H28N2O2. The lowest BCUT2D eigenvalue weighted by Crippen LogP contribution is -2.58. The zero-order chi connectivity index (χ0) is 15.6. The Hall–Kier alpha value is -1.06. The van der Waals surface area contributed by atoms with Crippen molar-refractivity contribution in [3.8, 4) is 0 Å². The topological polar surface area (TPSA) is 49.4 Å². The van der Waals surface area contributed by atoms with E-state index in [1.54, 1.807) is 0 Å². The van der Waals surface area contributed by atoms with Crippen LogP contribution in [0.25, 0.3) is 0 Å². The lowest BCUT2D eigenvalue weighted by atomic mass is 9.54. The van der Waals surface area contributed by atoms with Crippen LogP contribution in [0.1, 0.15) is 57.8 Å². The van der Waals surface area contributed by atoms with Gasteiger partial charge in [-0.25, -0.2) is 0 Å². The standard InChI is InChI=1S/C19H28N2O2/c22-18(16-2-1-5-21(16)19(23)13-3-4-13)20-17-14-7-11-6-12(9-14)10-15(17)8-11/h11-17H,1-10H2,(H,20,22)/t11?,12?,14?,15?,16-,17?/m1/s1. The highest BCUT2D eigenvalue weighted by molar-refractivity contribution is 5.90. The number of amides is 2. The van der Waals surface area contributed by atoms with Gasteiger partial charge in [-0.2, -0.15) is 0 Å². The van der Waals surface area contributed by atoms with Crippen LogP contribution in [0.5, 0.6) is 0 Å². The number of nitrogens with one attached hydrogen (secondary N) is 1. The van der Waals surface area contributed by atoms with Gasteiger partial charge in [-0.3, -0.25) is 9.59 Å². The van der Waals surface area contributed by atoms with E-state index in [0.717, 1.165) is 44.1 Å². The number of hydrogen-bond donors (Lipinski definition) is 1. The molecule has 1 N–H and O–H groups in total. The van der Waals surface area contributed by atoms with Gasteiger partial charge < -0.3 is 10.2 Å². The van der Waals surface area contributed by atoms with Crippen LogP contribution in [-0.2, 0) is 9.59 Å². The molecule has 4 bridgehead atoms. The van der Waals surface area contributed by atoms with Crippen molar-refractivity contribution in [2.75, 3.05) is 6.54 Å². The molecule has 1 heterocycles. The first-order valence-electron chi connectivity index (χ1n) is 9.80. The van der Waals surface area contributed by atoms with Crippen LogP contribution in [0, 0.1) is 29.6 Å². The molecule has 4 heteroatoms. The Bertz CT molecular complexity index is 499. The maximum Gasteiger partial charge on any atom is 0.243 e. The van der Waals surface area contributed by atoms with E-state index >= 15 is 0 Å². The molecule has 1 aliphatic heterocycles. The van der Waals surface area contributed by atoms with Crippen LogP contribution >= 0.6 is 0 Å². The molecule has 5 aliphatic carbocycles. The monoisotopic (exact) mass is 316 g/mol. The Morgan fingerprint density at radius 2 is 1.52 bits per heavy atom. The molecule has 0 radical (unpaired) electrons. The summed E-state index contributed by atoms with van der Waals surface area (Å²) in [5, 5.41) is 3.42. The highest BCUT2D eigenvalue weighted by atomic mass is 16.2. The van der Waals surface area contributed by atoms with E-state index < -0.39 is 0 Å². The van der Waals surface area contributed by atoms with Crippen molar-refractivity contribution >= 4 is 11.8 Å². The summed E-state index contributed by atoms with van der Waals surface area (Å²) < 4.78 is 0. The van der Waals surface area contributed by atoms with E-state index in [1.807, 2.05) is 4.90 Å². The first kappa shape index (κ1) is 14.3. The Morgan fingerprint density at radius 1 is 0.870 bits per heavy atom.